The highest BCUT2D eigenvalue weighted by atomic mass is 19.1. The molecule has 0 saturated carbocycles. The van der Waals surface area contributed by atoms with Crippen LogP contribution in [0.4, 0.5) is 4.39 Å². The molecule has 4 nitrogen and oxygen atoms in total. The van der Waals surface area contributed by atoms with E-state index in [0.29, 0.717) is 0 Å². The van der Waals surface area contributed by atoms with Crippen molar-refractivity contribution >= 4 is 5.97 Å². The van der Waals surface area contributed by atoms with E-state index in [0.717, 1.165) is 6.07 Å². The van der Waals surface area contributed by atoms with Gasteiger partial charge in [-0.15, -0.1) is 0 Å². The van der Waals surface area contributed by atoms with Crippen LogP contribution in [0, 0.1) is 5.82 Å². The summed E-state index contributed by atoms with van der Waals surface area (Å²) in [5, 5.41) is 18.0. The monoisotopic (exact) mass is 214 g/mol. The molecule has 0 aliphatic rings. The van der Waals surface area contributed by atoms with Gasteiger partial charge in [0, 0.05) is 0 Å². The van der Waals surface area contributed by atoms with Gasteiger partial charge in [-0.2, -0.15) is 0 Å². The first-order chi connectivity index (χ1) is 7.06. The maximum atomic E-state index is 13.3. The number of carboxylic acid groups (broad SMARTS) is 1. The van der Waals surface area contributed by atoms with Gasteiger partial charge in [-0.25, -0.2) is 4.39 Å². The van der Waals surface area contributed by atoms with Crippen LogP contribution in [0.25, 0.3) is 0 Å². The summed E-state index contributed by atoms with van der Waals surface area (Å²) < 4.78 is 18.1. The van der Waals surface area contributed by atoms with Crippen LogP contribution in [-0.2, 0) is 4.79 Å². The number of hydrogen-bond donors (Lipinski definition) is 2. The number of aliphatic hydroxyl groups excluding tert-OH is 1. The number of ether oxygens (including phenoxy) is 1. The Labute approximate surface area is 85.9 Å². The average molecular weight is 214 g/mol. The van der Waals surface area contributed by atoms with Gasteiger partial charge in [0.25, 0.3) is 0 Å². The van der Waals surface area contributed by atoms with E-state index in [2.05, 4.69) is 0 Å². The molecule has 1 aromatic carbocycles. The maximum absolute atomic E-state index is 13.3. The van der Waals surface area contributed by atoms with E-state index in [4.69, 9.17) is 9.84 Å². The fraction of sp³-hybridized carbons (Fsp3) is 0.300. The van der Waals surface area contributed by atoms with Crippen LogP contribution >= 0.6 is 0 Å². The number of hydrogen-bond acceptors (Lipinski definition) is 3. The van der Waals surface area contributed by atoms with Crippen LogP contribution in [0.2, 0.25) is 0 Å². The zero-order chi connectivity index (χ0) is 11.4. The number of carbonyl (C=O) groups is 1. The van der Waals surface area contributed by atoms with Crippen LogP contribution in [0.3, 0.4) is 0 Å². The molecule has 5 heteroatoms. The van der Waals surface area contributed by atoms with Gasteiger partial charge in [0.15, 0.2) is 0 Å². The van der Waals surface area contributed by atoms with Crippen molar-refractivity contribution in [3.05, 3.63) is 29.6 Å². The molecule has 1 atom stereocenters. The molecule has 2 N–H and O–H groups in total. The van der Waals surface area contributed by atoms with Gasteiger partial charge in [0.05, 0.1) is 25.2 Å². The molecule has 0 spiro atoms. The number of carboxylic acids is 1. The minimum Gasteiger partial charge on any atom is -0.496 e. The number of benzene rings is 1. The lowest BCUT2D eigenvalue weighted by Crippen LogP contribution is -2.08. The van der Waals surface area contributed by atoms with Crippen LogP contribution in [0.15, 0.2) is 18.2 Å². The summed E-state index contributed by atoms with van der Waals surface area (Å²) in [6, 6.07) is 4.03. The zero-order valence-electron chi connectivity index (χ0n) is 8.11. The molecule has 0 saturated heterocycles. The van der Waals surface area contributed by atoms with E-state index in [9.17, 15) is 14.3 Å². The lowest BCUT2D eigenvalue weighted by Gasteiger charge is -2.13. The summed E-state index contributed by atoms with van der Waals surface area (Å²) in [4.78, 5) is 10.4. The normalized spacial score (nSPS) is 12.2. The van der Waals surface area contributed by atoms with E-state index in [1.165, 1.54) is 19.2 Å². The Hall–Kier alpha value is -1.62. The first-order valence-electron chi connectivity index (χ1n) is 4.28. The molecule has 0 amide bonds. The van der Waals surface area contributed by atoms with Crippen LogP contribution in [0.5, 0.6) is 5.75 Å². The molecule has 0 bridgehead atoms. The molecular formula is C10H11FO4. The smallest absolute Gasteiger partial charge is 0.306 e. The quantitative estimate of drug-likeness (QED) is 0.793. The van der Waals surface area contributed by atoms with Crippen LogP contribution in [0.1, 0.15) is 18.1 Å². The largest absolute Gasteiger partial charge is 0.496 e. The highest BCUT2D eigenvalue weighted by molar-refractivity contribution is 5.68. The second-order valence-corrected chi connectivity index (χ2v) is 2.97. The minimum absolute atomic E-state index is 0.123. The lowest BCUT2D eigenvalue weighted by molar-refractivity contribution is -0.139. The third-order valence-electron chi connectivity index (χ3n) is 1.93. The van der Waals surface area contributed by atoms with Crippen molar-refractivity contribution < 1.29 is 24.1 Å². The molecule has 0 fully saturated rings. The van der Waals surface area contributed by atoms with Crippen molar-refractivity contribution in [2.75, 3.05) is 7.11 Å². The number of methoxy groups -OCH3 is 1. The Kier molecular flexibility index (Phi) is 3.62. The second-order valence-electron chi connectivity index (χ2n) is 2.97. The number of aliphatic hydroxyl groups is 1. The first-order valence-corrected chi connectivity index (χ1v) is 4.28. The molecule has 0 radical (unpaired) electrons. The van der Waals surface area contributed by atoms with E-state index in [-0.39, 0.29) is 11.3 Å². The number of aliphatic carboxylic acids is 1. The second kappa shape index (κ2) is 4.75. The van der Waals surface area contributed by atoms with E-state index < -0.39 is 24.3 Å². The summed E-state index contributed by atoms with van der Waals surface area (Å²) in [6.07, 6.45) is -1.96. The molecule has 0 heterocycles. The van der Waals surface area contributed by atoms with Crippen molar-refractivity contribution in [3.63, 3.8) is 0 Å². The van der Waals surface area contributed by atoms with E-state index in [1.54, 1.807) is 0 Å². The van der Waals surface area contributed by atoms with E-state index in [1.807, 2.05) is 0 Å². The van der Waals surface area contributed by atoms with Gasteiger partial charge in [-0.3, -0.25) is 4.79 Å². The number of halogens is 1. The highest BCUT2D eigenvalue weighted by Crippen LogP contribution is 2.29. The Morgan fingerprint density at radius 2 is 2.27 bits per heavy atom. The summed E-state index contributed by atoms with van der Waals surface area (Å²) in [7, 11) is 1.33. The van der Waals surface area contributed by atoms with Crippen molar-refractivity contribution in [2.24, 2.45) is 0 Å². The minimum atomic E-state index is -1.40. The van der Waals surface area contributed by atoms with Gasteiger partial charge >= 0.3 is 5.97 Å². The Balaban J connectivity index is 3.05. The van der Waals surface area contributed by atoms with E-state index >= 15 is 0 Å². The first kappa shape index (κ1) is 11.5. The predicted octanol–water partition coefficient (Wildman–Crippen LogP) is 1.34. The van der Waals surface area contributed by atoms with Crippen molar-refractivity contribution in [1.82, 2.24) is 0 Å². The maximum Gasteiger partial charge on any atom is 0.306 e. The van der Waals surface area contributed by atoms with Crippen LogP contribution in [-0.4, -0.2) is 23.3 Å². The molecule has 0 aliphatic heterocycles. The molecule has 0 aromatic heterocycles. The zero-order valence-corrected chi connectivity index (χ0v) is 8.11. The third kappa shape index (κ3) is 2.66. The molecular weight excluding hydrogens is 203 g/mol. The predicted molar refractivity (Wildman–Crippen MR) is 50.2 cm³/mol. The summed E-state index contributed by atoms with van der Waals surface area (Å²) >= 11 is 0. The van der Waals surface area contributed by atoms with Gasteiger partial charge in [-0.1, -0.05) is 6.07 Å². The topological polar surface area (TPSA) is 66.8 Å². The Bertz CT molecular complexity index is 364. The van der Waals surface area contributed by atoms with Crippen molar-refractivity contribution in [3.8, 4) is 5.75 Å². The summed E-state index contributed by atoms with van der Waals surface area (Å²) in [5.74, 6) is -1.74. The molecule has 1 aromatic rings. The van der Waals surface area contributed by atoms with Gasteiger partial charge < -0.3 is 14.9 Å². The van der Waals surface area contributed by atoms with Gasteiger partial charge in [0.2, 0.25) is 0 Å². The SMILES string of the molecule is COc1cccc(F)c1[C@H](O)CC(=O)O. The molecule has 0 aliphatic carbocycles. The summed E-state index contributed by atoms with van der Waals surface area (Å²) in [6.45, 7) is 0. The molecule has 1 rings (SSSR count). The Morgan fingerprint density at radius 3 is 2.80 bits per heavy atom. The fourth-order valence-corrected chi connectivity index (χ4v) is 1.29. The van der Waals surface area contributed by atoms with Crippen molar-refractivity contribution in [2.45, 2.75) is 12.5 Å². The average Bonchev–Trinajstić information content (AvgIpc) is 2.15. The van der Waals surface area contributed by atoms with Gasteiger partial charge in [0.1, 0.15) is 11.6 Å². The molecule has 15 heavy (non-hydrogen) atoms. The standard InChI is InChI=1S/C10H11FO4/c1-15-8-4-2-3-6(11)10(8)7(12)5-9(13)14/h2-4,7,12H,5H2,1H3,(H,13,14)/t7-/m1/s1. The third-order valence-corrected chi connectivity index (χ3v) is 1.93. The highest BCUT2D eigenvalue weighted by Gasteiger charge is 2.20. The lowest BCUT2D eigenvalue weighted by atomic mass is 10.0. The van der Waals surface area contributed by atoms with Gasteiger partial charge in [-0.05, 0) is 12.1 Å². The molecule has 0 unspecified atom stereocenters. The van der Waals surface area contributed by atoms with Crippen LogP contribution < -0.4 is 4.74 Å². The number of rotatable bonds is 4. The van der Waals surface area contributed by atoms with Crippen molar-refractivity contribution in [1.29, 1.82) is 0 Å². The fourth-order valence-electron chi connectivity index (χ4n) is 1.29. The Morgan fingerprint density at radius 1 is 1.60 bits per heavy atom. The molecule has 82 valence electrons. The summed E-state index contributed by atoms with van der Waals surface area (Å²) in [5.41, 5.74) is -0.123.